The van der Waals surface area contributed by atoms with Crippen LogP contribution in [0.3, 0.4) is 0 Å². The minimum atomic E-state index is 0.406. The molecule has 0 amide bonds. The van der Waals surface area contributed by atoms with Crippen molar-refractivity contribution in [1.82, 2.24) is 0 Å². The van der Waals surface area contributed by atoms with E-state index in [1.807, 2.05) is 0 Å². The Labute approximate surface area is 100 Å². The van der Waals surface area contributed by atoms with Gasteiger partial charge in [-0.1, -0.05) is 50.6 Å². The molecule has 1 nitrogen and oxygen atoms in total. The van der Waals surface area contributed by atoms with E-state index in [0.29, 0.717) is 6.04 Å². The molecule has 1 heteroatoms. The third kappa shape index (κ3) is 5.32. The molecule has 90 valence electrons. The first-order valence-electron chi connectivity index (χ1n) is 6.52. The number of nitrogens with two attached hydrogens (primary N) is 1. The van der Waals surface area contributed by atoms with Gasteiger partial charge in [-0.25, -0.2) is 0 Å². The van der Waals surface area contributed by atoms with Crippen LogP contribution in [-0.2, 0) is 6.42 Å². The first-order valence-corrected chi connectivity index (χ1v) is 6.52. The van der Waals surface area contributed by atoms with Gasteiger partial charge in [-0.15, -0.1) is 0 Å². The summed E-state index contributed by atoms with van der Waals surface area (Å²) in [6, 6.07) is 11.1. The summed E-state index contributed by atoms with van der Waals surface area (Å²) in [5, 5.41) is 0. The fourth-order valence-corrected chi connectivity index (χ4v) is 2.13. The van der Waals surface area contributed by atoms with Gasteiger partial charge in [0.05, 0.1) is 0 Å². The summed E-state index contributed by atoms with van der Waals surface area (Å²) in [5.74, 6) is 0.741. The van der Waals surface area contributed by atoms with Gasteiger partial charge in [0, 0.05) is 6.04 Å². The van der Waals surface area contributed by atoms with E-state index in [4.69, 9.17) is 5.73 Å². The average molecular weight is 219 g/mol. The zero-order valence-corrected chi connectivity index (χ0v) is 10.7. The molecule has 0 bridgehead atoms. The van der Waals surface area contributed by atoms with Gasteiger partial charge in [-0.2, -0.15) is 0 Å². The topological polar surface area (TPSA) is 26.0 Å². The van der Waals surface area contributed by atoms with E-state index >= 15 is 0 Å². The summed E-state index contributed by atoms with van der Waals surface area (Å²) in [7, 11) is 0. The molecule has 0 unspecified atom stereocenters. The van der Waals surface area contributed by atoms with Crippen LogP contribution in [0.25, 0.3) is 0 Å². The van der Waals surface area contributed by atoms with Crippen molar-refractivity contribution in [3.8, 4) is 0 Å². The van der Waals surface area contributed by atoms with E-state index in [1.54, 1.807) is 0 Å². The van der Waals surface area contributed by atoms with Gasteiger partial charge in [-0.3, -0.25) is 0 Å². The Morgan fingerprint density at radius 3 is 2.38 bits per heavy atom. The molecule has 1 rings (SSSR count). The minimum Gasteiger partial charge on any atom is -0.328 e. The maximum Gasteiger partial charge on any atom is 0.00388 e. The largest absolute Gasteiger partial charge is 0.328 e. The molecule has 0 saturated heterocycles. The smallest absolute Gasteiger partial charge is 0.00388 e. The SMILES string of the molecule is CCC[C@H](N)CC[C@@H](C)Cc1ccccc1. The van der Waals surface area contributed by atoms with E-state index in [9.17, 15) is 0 Å². The molecular weight excluding hydrogens is 194 g/mol. The second kappa shape index (κ2) is 7.45. The predicted molar refractivity (Wildman–Crippen MR) is 71.4 cm³/mol. The monoisotopic (exact) mass is 219 g/mol. The standard InChI is InChI=1S/C15H25N/c1-3-7-15(16)11-10-13(2)12-14-8-5-4-6-9-14/h4-6,8-9,13,15H,3,7,10-12,16H2,1-2H3/t13-,15+/m1/s1. The lowest BCUT2D eigenvalue weighted by Gasteiger charge is -2.15. The highest BCUT2D eigenvalue weighted by Crippen LogP contribution is 2.15. The van der Waals surface area contributed by atoms with Crippen molar-refractivity contribution in [2.24, 2.45) is 11.7 Å². The van der Waals surface area contributed by atoms with Crippen molar-refractivity contribution in [2.75, 3.05) is 0 Å². The Bertz CT molecular complexity index is 268. The van der Waals surface area contributed by atoms with Crippen LogP contribution in [0.5, 0.6) is 0 Å². The third-order valence-corrected chi connectivity index (χ3v) is 3.12. The van der Waals surface area contributed by atoms with Gasteiger partial charge in [0.25, 0.3) is 0 Å². The zero-order chi connectivity index (χ0) is 11.8. The molecule has 0 saturated carbocycles. The Hall–Kier alpha value is -0.820. The van der Waals surface area contributed by atoms with E-state index in [0.717, 1.165) is 12.3 Å². The second-order valence-corrected chi connectivity index (χ2v) is 4.92. The van der Waals surface area contributed by atoms with Crippen molar-refractivity contribution in [2.45, 2.75) is 52.0 Å². The van der Waals surface area contributed by atoms with Crippen LogP contribution in [0.2, 0.25) is 0 Å². The normalized spacial score (nSPS) is 14.7. The lowest BCUT2D eigenvalue weighted by molar-refractivity contribution is 0.451. The van der Waals surface area contributed by atoms with E-state index in [1.165, 1.54) is 31.2 Å². The van der Waals surface area contributed by atoms with Crippen LogP contribution >= 0.6 is 0 Å². The van der Waals surface area contributed by atoms with Crippen LogP contribution in [0.1, 0.15) is 45.1 Å². The number of hydrogen-bond acceptors (Lipinski definition) is 1. The molecule has 0 spiro atoms. The van der Waals surface area contributed by atoms with Crippen LogP contribution < -0.4 is 5.73 Å². The van der Waals surface area contributed by atoms with Gasteiger partial charge in [0.2, 0.25) is 0 Å². The highest BCUT2D eigenvalue weighted by atomic mass is 14.6. The van der Waals surface area contributed by atoms with Crippen LogP contribution in [-0.4, -0.2) is 6.04 Å². The fraction of sp³-hybridized carbons (Fsp3) is 0.600. The van der Waals surface area contributed by atoms with Crippen molar-refractivity contribution in [3.63, 3.8) is 0 Å². The molecule has 0 aliphatic heterocycles. The molecule has 0 aliphatic rings. The van der Waals surface area contributed by atoms with E-state index in [-0.39, 0.29) is 0 Å². The summed E-state index contributed by atoms with van der Waals surface area (Å²) in [6.45, 7) is 4.53. The molecular formula is C15H25N. The molecule has 0 fully saturated rings. The quantitative estimate of drug-likeness (QED) is 0.742. The van der Waals surface area contributed by atoms with Gasteiger partial charge in [-0.05, 0) is 37.2 Å². The average Bonchev–Trinajstić information content (AvgIpc) is 2.28. The van der Waals surface area contributed by atoms with Crippen LogP contribution in [0.15, 0.2) is 30.3 Å². The molecule has 16 heavy (non-hydrogen) atoms. The van der Waals surface area contributed by atoms with E-state index in [2.05, 4.69) is 44.2 Å². The zero-order valence-electron chi connectivity index (χ0n) is 10.7. The van der Waals surface area contributed by atoms with Crippen molar-refractivity contribution >= 4 is 0 Å². The fourth-order valence-electron chi connectivity index (χ4n) is 2.13. The number of benzene rings is 1. The Kier molecular flexibility index (Phi) is 6.17. The number of hydrogen-bond donors (Lipinski definition) is 1. The maximum atomic E-state index is 6.03. The van der Waals surface area contributed by atoms with E-state index < -0.39 is 0 Å². The summed E-state index contributed by atoms with van der Waals surface area (Å²) in [6.07, 6.45) is 5.96. The molecule has 0 aromatic heterocycles. The first kappa shape index (κ1) is 13.2. The van der Waals surface area contributed by atoms with Crippen molar-refractivity contribution in [3.05, 3.63) is 35.9 Å². The van der Waals surface area contributed by atoms with Crippen LogP contribution in [0, 0.1) is 5.92 Å². The lowest BCUT2D eigenvalue weighted by atomic mass is 9.94. The lowest BCUT2D eigenvalue weighted by Crippen LogP contribution is -2.20. The second-order valence-electron chi connectivity index (χ2n) is 4.92. The van der Waals surface area contributed by atoms with Gasteiger partial charge in [0.15, 0.2) is 0 Å². The molecule has 2 atom stereocenters. The molecule has 0 aliphatic carbocycles. The summed E-state index contributed by atoms with van der Waals surface area (Å²) in [4.78, 5) is 0. The number of rotatable bonds is 7. The van der Waals surface area contributed by atoms with Gasteiger partial charge < -0.3 is 5.73 Å². The Morgan fingerprint density at radius 2 is 1.75 bits per heavy atom. The minimum absolute atomic E-state index is 0.406. The first-order chi connectivity index (χ1) is 7.72. The Balaban J connectivity index is 2.23. The van der Waals surface area contributed by atoms with Crippen molar-refractivity contribution in [1.29, 1.82) is 0 Å². The Morgan fingerprint density at radius 1 is 1.06 bits per heavy atom. The summed E-state index contributed by atoms with van der Waals surface area (Å²) in [5.41, 5.74) is 7.47. The maximum absolute atomic E-state index is 6.03. The molecule has 1 aromatic carbocycles. The highest BCUT2D eigenvalue weighted by molar-refractivity contribution is 5.14. The molecule has 2 N–H and O–H groups in total. The predicted octanol–water partition coefficient (Wildman–Crippen LogP) is 3.77. The summed E-state index contributed by atoms with van der Waals surface area (Å²) >= 11 is 0. The van der Waals surface area contributed by atoms with Crippen LogP contribution in [0.4, 0.5) is 0 Å². The molecule has 0 radical (unpaired) electrons. The van der Waals surface area contributed by atoms with Gasteiger partial charge in [0.1, 0.15) is 0 Å². The summed E-state index contributed by atoms with van der Waals surface area (Å²) < 4.78 is 0. The molecule has 0 heterocycles. The van der Waals surface area contributed by atoms with Gasteiger partial charge >= 0.3 is 0 Å². The third-order valence-electron chi connectivity index (χ3n) is 3.12. The van der Waals surface area contributed by atoms with Crippen molar-refractivity contribution < 1.29 is 0 Å². The molecule has 1 aromatic rings. The highest BCUT2D eigenvalue weighted by Gasteiger charge is 2.07.